The Bertz CT molecular complexity index is 3920. The van der Waals surface area contributed by atoms with E-state index in [4.69, 9.17) is 0 Å². The predicted molar refractivity (Wildman–Crippen MR) is 305 cm³/mol. The van der Waals surface area contributed by atoms with Crippen LogP contribution in [0.15, 0.2) is 133 Å². The van der Waals surface area contributed by atoms with Crippen LogP contribution in [-0.2, 0) is 27.1 Å². The first-order valence-electron chi connectivity index (χ1n) is 25.4. The molecular weight excluding hydrogens is 864 g/mol. The summed E-state index contributed by atoms with van der Waals surface area (Å²) in [4.78, 5) is 0. The number of anilines is 2. The number of nitrogens with one attached hydrogen (secondary N) is 1. The fraction of sp³-hybridized carbons (Fsp3) is 0.273. The summed E-state index contributed by atoms with van der Waals surface area (Å²) in [6.07, 6.45) is 0. The Morgan fingerprint density at radius 3 is 1.84 bits per heavy atom. The fourth-order valence-electron chi connectivity index (χ4n) is 12.6. The van der Waals surface area contributed by atoms with Gasteiger partial charge in [0.05, 0.1) is 11.0 Å². The van der Waals surface area contributed by atoms with Crippen LogP contribution >= 0.6 is 11.3 Å². The Kier molecular flexibility index (Phi) is 8.83. The first kappa shape index (κ1) is 43.6. The third-order valence-electron chi connectivity index (χ3n) is 16.7. The van der Waals surface area contributed by atoms with E-state index >= 15 is 0 Å². The van der Waals surface area contributed by atoms with E-state index in [-0.39, 0.29) is 27.1 Å². The Morgan fingerprint density at radius 2 is 1.10 bits per heavy atom. The number of aromatic nitrogens is 1. The van der Waals surface area contributed by atoms with Gasteiger partial charge in [-0.05, 0) is 137 Å². The third kappa shape index (κ3) is 6.05. The molecule has 70 heavy (non-hydrogen) atoms. The van der Waals surface area contributed by atoms with Crippen LogP contribution in [0.2, 0.25) is 0 Å². The van der Waals surface area contributed by atoms with Crippen LogP contribution in [0.4, 0.5) is 11.4 Å². The van der Waals surface area contributed by atoms with E-state index in [1.54, 1.807) is 0 Å². The number of hydrogen-bond acceptors (Lipinski definition) is 2. The number of fused-ring (bicyclic) bond motifs is 15. The van der Waals surface area contributed by atoms with Gasteiger partial charge in [-0.15, -0.1) is 11.3 Å². The van der Waals surface area contributed by atoms with E-state index in [0.717, 1.165) is 11.4 Å². The molecule has 0 atom stereocenters. The zero-order valence-corrected chi connectivity index (χ0v) is 44.0. The fourth-order valence-corrected chi connectivity index (χ4v) is 13.9. The molecule has 0 amide bonds. The van der Waals surface area contributed by atoms with Crippen molar-refractivity contribution in [2.75, 3.05) is 5.32 Å². The smallest absolute Gasteiger partial charge is 0.197 e. The lowest BCUT2D eigenvalue weighted by atomic mass is 9.57. The average Bonchev–Trinajstić information content (AvgIpc) is 3.99. The number of rotatable bonds is 3. The highest BCUT2D eigenvalue weighted by molar-refractivity contribution is 7.27. The standard InChI is InChI=1S/C66H62BN2S/c1-62(2,3)36-22-26-39(27-23-36)68-52-35-50-43(41-28-24-38(64(7,8)9)31-48(41)66(50,12)13)32-45(52)56-57-42-19-15-17-21-55(42)70-61(57)58-46-30-37(63(4,5)6)25-29-53(46)69-54-33-44-40-18-14-16-20-47(40)65(10,11)49(44)34-51(54)67-59(56)60(58)69/h14-35,68H,1-13H3. The highest BCUT2D eigenvalue weighted by atomic mass is 32.1. The molecular formula is C66H62BN2S. The number of hydrogen-bond donors (Lipinski definition) is 1. The molecule has 0 spiro atoms. The maximum atomic E-state index is 4.12. The van der Waals surface area contributed by atoms with Crippen LogP contribution in [0, 0.1) is 0 Å². The highest BCUT2D eigenvalue weighted by Gasteiger charge is 2.41. The van der Waals surface area contributed by atoms with Gasteiger partial charge in [-0.2, -0.15) is 0 Å². The van der Waals surface area contributed by atoms with E-state index < -0.39 is 0 Å². The third-order valence-corrected chi connectivity index (χ3v) is 17.9. The molecule has 2 aliphatic carbocycles. The summed E-state index contributed by atoms with van der Waals surface area (Å²) < 4.78 is 5.32. The monoisotopic (exact) mass is 925 g/mol. The van der Waals surface area contributed by atoms with Crippen molar-refractivity contribution >= 4 is 82.9 Å². The number of nitrogens with zero attached hydrogens (tertiary/aromatic N) is 1. The van der Waals surface area contributed by atoms with Crippen molar-refractivity contribution < 1.29 is 0 Å². The number of thiophene rings is 1. The van der Waals surface area contributed by atoms with Crippen molar-refractivity contribution in [3.8, 4) is 39.1 Å². The summed E-state index contributed by atoms with van der Waals surface area (Å²) in [6.45, 7) is 30.6. The Balaban J connectivity index is 1.18. The second-order valence-corrected chi connectivity index (χ2v) is 26.0. The van der Waals surface area contributed by atoms with Crippen molar-refractivity contribution in [1.29, 1.82) is 0 Å². The van der Waals surface area contributed by atoms with Gasteiger partial charge in [-0.1, -0.05) is 180 Å². The topological polar surface area (TPSA) is 17.0 Å². The molecule has 4 heteroatoms. The van der Waals surface area contributed by atoms with Crippen LogP contribution in [0.25, 0.3) is 81.0 Å². The van der Waals surface area contributed by atoms with Crippen LogP contribution < -0.4 is 16.2 Å². The van der Waals surface area contributed by atoms with Crippen LogP contribution in [0.3, 0.4) is 0 Å². The first-order chi connectivity index (χ1) is 33.1. The van der Waals surface area contributed by atoms with Gasteiger partial charge in [-0.25, -0.2) is 0 Å². The van der Waals surface area contributed by atoms with Gasteiger partial charge in [0.1, 0.15) is 0 Å². The van der Waals surface area contributed by atoms with Gasteiger partial charge in [-0.3, -0.25) is 0 Å². The molecule has 0 fully saturated rings. The molecule has 345 valence electrons. The molecule has 10 aromatic rings. The molecule has 1 radical (unpaired) electrons. The second-order valence-electron chi connectivity index (χ2n) is 24.9. The summed E-state index contributed by atoms with van der Waals surface area (Å²) in [6, 6.07) is 52.2. The largest absolute Gasteiger partial charge is 0.355 e. The Hall–Kier alpha value is -6.36. The summed E-state index contributed by atoms with van der Waals surface area (Å²) in [5, 5.41) is 9.45. The molecule has 0 saturated carbocycles. The van der Waals surface area contributed by atoms with Crippen LogP contribution in [0.5, 0.6) is 0 Å². The zero-order chi connectivity index (χ0) is 48.8. The lowest BCUT2D eigenvalue weighted by Crippen LogP contribution is -2.38. The molecule has 0 unspecified atom stereocenters. The van der Waals surface area contributed by atoms with Crippen molar-refractivity contribution in [2.45, 2.75) is 117 Å². The first-order valence-corrected chi connectivity index (χ1v) is 26.2. The van der Waals surface area contributed by atoms with E-state index in [9.17, 15) is 0 Å². The maximum Gasteiger partial charge on any atom is 0.197 e. The minimum absolute atomic E-state index is 0.0151. The average molecular weight is 926 g/mol. The van der Waals surface area contributed by atoms with Crippen molar-refractivity contribution in [3.05, 3.63) is 172 Å². The summed E-state index contributed by atoms with van der Waals surface area (Å²) in [5.74, 6) is 0. The molecule has 1 N–H and O–H groups in total. The molecule has 3 heterocycles. The summed E-state index contributed by atoms with van der Waals surface area (Å²) >= 11 is 1.96. The van der Waals surface area contributed by atoms with E-state index in [1.807, 2.05) is 11.3 Å². The number of benzene rings is 8. The molecule has 0 bridgehead atoms. The lowest BCUT2D eigenvalue weighted by molar-refractivity contribution is 0.584. The van der Waals surface area contributed by atoms with Gasteiger partial charge >= 0.3 is 0 Å². The molecule has 3 aliphatic rings. The van der Waals surface area contributed by atoms with Crippen molar-refractivity contribution in [3.63, 3.8) is 0 Å². The van der Waals surface area contributed by atoms with Gasteiger partial charge in [0.2, 0.25) is 0 Å². The summed E-state index contributed by atoms with van der Waals surface area (Å²) in [5.41, 5.74) is 25.8. The van der Waals surface area contributed by atoms with Crippen LogP contribution in [-0.4, -0.2) is 11.8 Å². The van der Waals surface area contributed by atoms with E-state index in [1.165, 1.54) is 131 Å². The minimum atomic E-state index is -0.202. The normalized spacial score (nSPS) is 15.3. The van der Waals surface area contributed by atoms with Crippen molar-refractivity contribution in [1.82, 2.24) is 4.57 Å². The molecule has 2 aromatic heterocycles. The molecule has 2 nitrogen and oxygen atoms in total. The molecule has 1 aliphatic heterocycles. The van der Waals surface area contributed by atoms with Gasteiger partial charge in [0, 0.05) is 64.4 Å². The highest BCUT2D eigenvalue weighted by Crippen LogP contribution is 2.56. The SMILES string of the molecule is CC(C)(C)c1ccc(Nc2cc3c(cc2-c2c4c5c(c6cc(C(C)(C)C)ccc6n5-c5cc6c(cc5[B]4)C(C)(C)c4ccccc4-6)c4sc5ccccc5c24)-c2ccc(C(C)(C)C)cc2C3(C)C)cc1. The van der Waals surface area contributed by atoms with E-state index in [0.29, 0.717) is 0 Å². The van der Waals surface area contributed by atoms with Crippen molar-refractivity contribution in [2.24, 2.45) is 0 Å². The lowest BCUT2D eigenvalue weighted by Gasteiger charge is -2.28. The molecule has 8 aromatic carbocycles. The molecule has 0 saturated heterocycles. The van der Waals surface area contributed by atoms with Gasteiger partial charge in [0.15, 0.2) is 7.28 Å². The van der Waals surface area contributed by atoms with Gasteiger partial charge in [0.25, 0.3) is 0 Å². The molecule has 13 rings (SSSR count). The van der Waals surface area contributed by atoms with Crippen LogP contribution in [0.1, 0.15) is 129 Å². The minimum Gasteiger partial charge on any atom is -0.355 e. The summed E-state index contributed by atoms with van der Waals surface area (Å²) in [7, 11) is 2.57. The quantitative estimate of drug-likeness (QED) is 0.175. The van der Waals surface area contributed by atoms with E-state index in [2.05, 4.69) is 241 Å². The Morgan fingerprint density at radius 1 is 0.500 bits per heavy atom. The predicted octanol–water partition coefficient (Wildman–Crippen LogP) is 17.0. The van der Waals surface area contributed by atoms with Gasteiger partial charge < -0.3 is 9.88 Å². The Labute approximate surface area is 419 Å². The second kappa shape index (κ2) is 14.2. The zero-order valence-electron chi connectivity index (χ0n) is 43.1. The maximum absolute atomic E-state index is 4.12.